The van der Waals surface area contributed by atoms with Crippen LogP contribution in [0.2, 0.25) is 0 Å². The van der Waals surface area contributed by atoms with E-state index in [9.17, 15) is 9.59 Å². The van der Waals surface area contributed by atoms with Gasteiger partial charge in [0.05, 0.1) is 19.6 Å². The van der Waals surface area contributed by atoms with Gasteiger partial charge in [-0.15, -0.1) is 0 Å². The van der Waals surface area contributed by atoms with Gasteiger partial charge in [0.2, 0.25) is 5.91 Å². The van der Waals surface area contributed by atoms with E-state index in [1.54, 1.807) is 0 Å². The van der Waals surface area contributed by atoms with Crippen LogP contribution in [0.4, 0.5) is 0 Å². The first-order chi connectivity index (χ1) is 8.08. The second-order valence-electron chi connectivity index (χ2n) is 4.89. The molecule has 0 aromatic carbocycles. The van der Waals surface area contributed by atoms with E-state index in [0.29, 0.717) is 13.0 Å². The Labute approximate surface area is 98.8 Å². The minimum Gasteiger partial charge on any atom is -0.467 e. The van der Waals surface area contributed by atoms with Crippen LogP contribution in [0.5, 0.6) is 0 Å². The van der Waals surface area contributed by atoms with Gasteiger partial charge < -0.3 is 14.2 Å². The number of nitrogens with zero attached hydrogens (tertiary/aromatic N) is 1. The predicted octanol–water partition coefficient (Wildman–Crippen LogP) is -0.477. The van der Waals surface area contributed by atoms with Gasteiger partial charge in [0.1, 0.15) is 12.3 Å². The summed E-state index contributed by atoms with van der Waals surface area (Å²) >= 11 is 0. The van der Waals surface area contributed by atoms with Gasteiger partial charge in [-0.3, -0.25) is 9.69 Å². The van der Waals surface area contributed by atoms with E-state index in [1.807, 2.05) is 6.92 Å². The van der Waals surface area contributed by atoms with Gasteiger partial charge >= 0.3 is 5.97 Å². The molecule has 3 aliphatic heterocycles. The molecule has 3 atom stereocenters. The summed E-state index contributed by atoms with van der Waals surface area (Å²) in [4.78, 5) is 25.9. The molecule has 0 aromatic heterocycles. The molecule has 3 heterocycles. The van der Waals surface area contributed by atoms with Gasteiger partial charge in [0.25, 0.3) is 0 Å². The summed E-state index contributed by atoms with van der Waals surface area (Å²) < 4.78 is 15.9. The van der Waals surface area contributed by atoms with E-state index in [2.05, 4.69) is 0 Å². The van der Waals surface area contributed by atoms with Gasteiger partial charge in [-0.2, -0.15) is 0 Å². The Morgan fingerprint density at radius 1 is 1.59 bits per heavy atom. The fraction of sp³-hybridized carbons (Fsp3) is 0.818. The summed E-state index contributed by atoms with van der Waals surface area (Å²) in [5.74, 6) is -0.770. The molecule has 0 radical (unpaired) electrons. The fourth-order valence-electron chi connectivity index (χ4n) is 3.40. The van der Waals surface area contributed by atoms with Crippen LogP contribution in [-0.2, 0) is 23.8 Å². The zero-order valence-corrected chi connectivity index (χ0v) is 9.89. The number of rotatable bonds is 1. The Balaban J connectivity index is 2.14. The van der Waals surface area contributed by atoms with Crippen LogP contribution in [0.1, 0.15) is 13.3 Å². The standard InChI is InChI=1S/C11H15NO5/c1-10-7(3-4-17-10)8(13)12-6-16-5-11(10,12)9(14)15-2/h7H,3-6H2,1-2H3/t7-,10-,11+/m0/s1. The maximum absolute atomic E-state index is 12.3. The Hall–Kier alpha value is -1.14. The Morgan fingerprint density at radius 2 is 2.35 bits per heavy atom. The van der Waals surface area contributed by atoms with Crippen LogP contribution < -0.4 is 0 Å². The van der Waals surface area contributed by atoms with Crippen LogP contribution >= 0.6 is 0 Å². The van der Waals surface area contributed by atoms with Crippen molar-refractivity contribution >= 4 is 11.9 Å². The van der Waals surface area contributed by atoms with Crippen molar-refractivity contribution in [2.24, 2.45) is 5.92 Å². The molecular formula is C11H15NO5. The lowest BCUT2D eigenvalue weighted by Crippen LogP contribution is -2.62. The van der Waals surface area contributed by atoms with E-state index in [1.165, 1.54) is 12.0 Å². The molecule has 0 N–H and O–H groups in total. The fourth-order valence-corrected chi connectivity index (χ4v) is 3.40. The molecule has 0 unspecified atom stereocenters. The lowest BCUT2D eigenvalue weighted by Gasteiger charge is -2.38. The molecule has 3 saturated heterocycles. The SMILES string of the molecule is COC(=O)[C@@]12COCN1C(=O)[C@@H]1CCO[C@@]12C. The summed E-state index contributed by atoms with van der Waals surface area (Å²) in [6.07, 6.45) is 0.657. The number of carbonyl (C=O) groups is 2. The normalized spacial score (nSPS) is 43.8. The smallest absolute Gasteiger partial charge is 0.337 e. The molecule has 6 nitrogen and oxygen atoms in total. The molecule has 1 amide bonds. The average molecular weight is 241 g/mol. The summed E-state index contributed by atoms with van der Waals surface area (Å²) in [5, 5.41) is 0. The third-order valence-electron chi connectivity index (χ3n) is 4.37. The van der Waals surface area contributed by atoms with Crippen molar-refractivity contribution < 1.29 is 23.8 Å². The second kappa shape index (κ2) is 3.20. The summed E-state index contributed by atoms with van der Waals surface area (Å²) in [6, 6.07) is 0. The number of ether oxygens (including phenoxy) is 3. The molecular weight excluding hydrogens is 226 g/mol. The lowest BCUT2D eigenvalue weighted by molar-refractivity contribution is -0.167. The minimum atomic E-state index is -1.10. The molecule has 3 fully saturated rings. The Kier molecular flexibility index (Phi) is 2.07. The van der Waals surface area contributed by atoms with Gasteiger partial charge in [-0.25, -0.2) is 4.79 Å². The van der Waals surface area contributed by atoms with Gasteiger partial charge in [-0.05, 0) is 13.3 Å². The number of fused-ring (bicyclic) bond motifs is 3. The number of amides is 1. The van der Waals surface area contributed by atoms with Crippen molar-refractivity contribution in [3.63, 3.8) is 0 Å². The second-order valence-corrected chi connectivity index (χ2v) is 4.89. The highest BCUT2D eigenvalue weighted by Crippen LogP contribution is 2.53. The first kappa shape index (κ1) is 11.0. The van der Waals surface area contributed by atoms with Crippen LogP contribution in [0.15, 0.2) is 0 Å². The van der Waals surface area contributed by atoms with Crippen LogP contribution in [0.25, 0.3) is 0 Å². The van der Waals surface area contributed by atoms with Gasteiger partial charge in [-0.1, -0.05) is 0 Å². The first-order valence-electron chi connectivity index (χ1n) is 5.69. The van der Waals surface area contributed by atoms with Crippen molar-refractivity contribution in [1.82, 2.24) is 4.90 Å². The molecule has 0 saturated carbocycles. The third-order valence-corrected chi connectivity index (χ3v) is 4.37. The number of carbonyl (C=O) groups excluding carboxylic acids is 2. The van der Waals surface area contributed by atoms with Crippen molar-refractivity contribution in [3.8, 4) is 0 Å². The maximum Gasteiger partial charge on any atom is 0.337 e. The Morgan fingerprint density at radius 3 is 3.06 bits per heavy atom. The highest BCUT2D eigenvalue weighted by molar-refractivity contribution is 5.96. The number of hydrogen-bond acceptors (Lipinski definition) is 5. The molecule has 94 valence electrons. The van der Waals surface area contributed by atoms with E-state index >= 15 is 0 Å². The van der Waals surface area contributed by atoms with Crippen LogP contribution in [0, 0.1) is 5.92 Å². The Bertz CT molecular complexity index is 397. The maximum atomic E-state index is 12.3. The number of esters is 1. The summed E-state index contributed by atoms with van der Waals surface area (Å²) in [7, 11) is 1.32. The van der Waals surface area contributed by atoms with Crippen molar-refractivity contribution in [3.05, 3.63) is 0 Å². The third kappa shape index (κ3) is 0.989. The van der Waals surface area contributed by atoms with E-state index < -0.39 is 17.1 Å². The zero-order chi connectivity index (χ0) is 12.3. The van der Waals surface area contributed by atoms with Gasteiger partial charge in [0, 0.05) is 6.61 Å². The molecule has 0 aromatic rings. The van der Waals surface area contributed by atoms with Crippen molar-refractivity contribution in [1.29, 1.82) is 0 Å². The molecule has 0 spiro atoms. The predicted molar refractivity (Wildman–Crippen MR) is 54.9 cm³/mol. The van der Waals surface area contributed by atoms with E-state index in [0.717, 1.165) is 0 Å². The average Bonchev–Trinajstić information content (AvgIpc) is 2.94. The quantitative estimate of drug-likeness (QED) is 0.580. The van der Waals surface area contributed by atoms with Crippen LogP contribution in [-0.4, -0.2) is 55.0 Å². The summed E-state index contributed by atoms with van der Waals surface area (Å²) in [6.45, 7) is 2.61. The highest BCUT2D eigenvalue weighted by Gasteiger charge is 2.75. The number of hydrogen-bond donors (Lipinski definition) is 0. The lowest BCUT2D eigenvalue weighted by atomic mass is 9.77. The molecule has 3 rings (SSSR count). The molecule has 6 heteroatoms. The zero-order valence-electron chi connectivity index (χ0n) is 9.89. The monoisotopic (exact) mass is 241 g/mol. The van der Waals surface area contributed by atoms with Crippen molar-refractivity contribution in [2.75, 3.05) is 27.1 Å². The first-order valence-corrected chi connectivity index (χ1v) is 5.69. The number of methoxy groups -OCH3 is 1. The largest absolute Gasteiger partial charge is 0.467 e. The minimum absolute atomic E-state index is 0.0621. The molecule has 3 aliphatic rings. The van der Waals surface area contributed by atoms with Gasteiger partial charge in [0.15, 0.2) is 5.54 Å². The molecule has 0 bridgehead atoms. The summed E-state index contributed by atoms with van der Waals surface area (Å²) in [5.41, 5.74) is -1.92. The van der Waals surface area contributed by atoms with E-state index in [4.69, 9.17) is 14.2 Å². The molecule has 0 aliphatic carbocycles. The molecule has 17 heavy (non-hydrogen) atoms. The topological polar surface area (TPSA) is 65.1 Å². The van der Waals surface area contributed by atoms with Crippen LogP contribution in [0.3, 0.4) is 0 Å². The van der Waals surface area contributed by atoms with Crippen molar-refractivity contribution in [2.45, 2.75) is 24.5 Å². The highest BCUT2D eigenvalue weighted by atomic mass is 16.6. The van der Waals surface area contributed by atoms with E-state index in [-0.39, 0.29) is 25.2 Å².